The standard InChI is InChI=1S/C20H26N2O2.C4H4O4/c1-17-4-2-11-21(16-17)12-3-15-24-20-7-5-18(6-8-20)19-9-13-22(23)14-10-19;5-3(6)1-2-4(7)8/h5-10,13-14,17H,2-4,11-12,15-16H2,1H3;1-2H,(H,5,6)(H,7,8)/b;2-1+. The molecule has 2 aromatic rings. The van der Waals surface area contributed by atoms with Gasteiger partial charge in [-0.15, -0.1) is 0 Å². The number of pyridine rings is 1. The highest BCUT2D eigenvalue weighted by atomic mass is 16.5. The molecule has 1 saturated heterocycles. The number of carboxylic acids is 2. The summed E-state index contributed by atoms with van der Waals surface area (Å²) in [5.41, 5.74) is 2.12. The molecule has 8 nitrogen and oxygen atoms in total. The van der Waals surface area contributed by atoms with Gasteiger partial charge in [-0.2, -0.15) is 4.73 Å². The Bertz CT molecular complexity index is 864. The van der Waals surface area contributed by atoms with E-state index in [9.17, 15) is 14.8 Å². The van der Waals surface area contributed by atoms with Crippen LogP contribution in [0.3, 0.4) is 0 Å². The maximum absolute atomic E-state index is 11.1. The fraction of sp³-hybridized carbons (Fsp3) is 0.375. The molecule has 1 unspecified atom stereocenters. The number of hydrogen-bond acceptors (Lipinski definition) is 5. The molecule has 1 aromatic carbocycles. The van der Waals surface area contributed by atoms with Gasteiger partial charge in [-0.1, -0.05) is 19.1 Å². The summed E-state index contributed by atoms with van der Waals surface area (Å²) in [5.74, 6) is -0.776. The van der Waals surface area contributed by atoms with Gasteiger partial charge in [-0.3, -0.25) is 0 Å². The molecule has 0 saturated carbocycles. The minimum atomic E-state index is -1.26. The molecule has 172 valence electrons. The van der Waals surface area contributed by atoms with Crippen molar-refractivity contribution in [3.8, 4) is 16.9 Å². The van der Waals surface area contributed by atoms with E-state index in [0.717, 1.165) is 47.1 Å². The minimum absolute atomic E-state index is 0.558. The maximum atomic E-state index is 11.1. The van der Waals surface area contributed by atoms with Crippen molar-refractivity contribution < 1.29 is 29.3 Å². The molecule has 3 rings (SSSR count). The fourth-order valence-electron chi connectivity index (χ4n) is 3.46. The average molecular weight is 443 g/mol. The fourth-order valence-corrected chi connectivity index (χ4v) is 3.46. The van der Waals surface area contributed by atoms with E-state index in [1.54, 1.807) is 0 Å². The molecule has 1 fully saturated rings. The topological polar surface area (TPSA) is 114 Å². The zero-order valence-electron chi connectivity index (χ0n) is 18.2. The quantitative estimate of drug-likeness (QED) is 0.279. The van der Waals surface area contributed by atoms with Crippen LogP contribution in [0.25, 0.3) is 11.1 Å². The highest BCUT2D eigenvalue weighted by molar-refractivity contribution is 5.89. The Hall–Kier alpha value is -3.39. The molecule has 0 radical (unpaired) electrons. The molecule has 2 N–H and O–H groups in total. The number of aliphatic carboxylic acids is 2. The highest BCUT2D eigenvalue weighted by Crippen LogP contribution is 2.21. The van der Waals surface area contributed by atoms with Crippen LogP contribution >= 0.6 is 0 Å². The first-order chi connectivity index (χ1) is 15.3. The van der Waals surface area contributed by atoms with Crippen LogP contribution in [0.4, 0.5) is 0 Å². The van der Waals surface area contributed by atoms with Gasteiger partial charge in [0.1, 0.15) is 5.75 Å². The summed E-state index contributed by atoms with van der Waals surface area (Å²) in [6.45, 7) is 6.69. The molecule has 0 bridgehead atoms. The number of piperidine rings is 1. The number of benzene rings is 1. The van der Waals surface area contributed by atoms with Crippen molar-refractivity contribution in [2.45, 2.75) is 26.2 Å². The molecule has 0 aliphatic carbocycles. The van der Waals surface area contributed by atoms with Crippen LogP contribution in [-0.2, 0) is 9.59 Å². The molecule has 1 atom stereocenters. The van der Waals surface area contributed by atoms with Crippen molar-refractivity contribution in [2.75, 3.05) is 26.2 Å². The predicted octanol–water partition coefficient (Wildman–Crippen LogP) is 3.20. The number of ether oxygens (including phenoxy) is 1. The van der Waals surface area contributed by atoms with Gasteiger partial charge >= 0.3 is 11.9 Å². The molecule has 1 aliphatic heterocycles. The summed E-state index contributed by atoms with van der Waals surface area (Å²) < 4.78 is 6.65. The smallest absolute Gasteiger partial charge is 0.328 e. The predicted molar refractivity (Wildman–Crippen MR) is 120 cm³/mol. The van der Waals surface area contributed by atoms with E-state index >= 15 is 0 Å². The van der Waals surface area contributed by atoms with Crippen LogP contribution < -0.4 is 9.47 Å². The Morgan fingerprint density at radius 1 is 1.09 bits per heavy atom. The number of carboxylic acid groups (broad SMARTS) is 2. The first kappa shape index (κ1) is 24.9. The van der Waals surface area contributed by atoms with Crippen molar-refractivity contribution in [2.24, 2.45) is 5.92 Å². The Morgan fingerprint density at radius 3 is 2.25 bits per heavy atom. The zero-order valence-corrected chi connectivity index (χ0v) is 18.2. The van der Waals surface area contributed by atoms with Crippen molar-refractivity contribution in [3.63, 3.8) is 0 Å². The van der Waals surface area contributed by atoms with E-state index in [0.29, 0.717) is 12.2 Å². The van der Waals surface area contributed by atoms with Crippen molar-refractivity contribution in [1.29, 1.82) is 0 Å². The number of nitrogens with zero attached hydrogens (tertiary/aromatic N) is 2. The third kappa shape index (κ3) is 9.61. The van der Waals surface area contributed by atoms with Gasteiger partial charge in [-0.25, -0.2) is 9.59 Å². The highest BCUT2D eigenvalue weighted by Gasteiger charge is 2.15. The van der Waals surface area contributed by atoms with E-state index in [2.05, 4.69) is 11.8 Å². The molecule has 1 aromatic heterocycles. The van der Waals surface area contributed by atoms with E-state index in [4.69, 9.17) is 14.9 Å². The van der Waals surface area contributed by atoms with Crippen LogP contribution in [-0.4, -0.2) is 53.3 Å². The Kier molecular flexibility index (Phi) is 10.2. The lowest BCUT2D eigenvalue weighted by Gasteiger charge is -2.30. The van der Waals surface area contributed by atoms with Gasteiger partial charge in [0.2, 0.25) is 0 Å². The second-order valence-electron chi connectivity index (χ2n) is 7.73. The third-order valence-electron chi connectivity index (χ3n) is 4.99. The van der Waals surface area contributed by atoms with E-state index in [1.165, 1.54) is 38.3 Å². The van der Waals surface area contributed by atoms with E-state index in [1.807, 2.05) is 36.4 Å². The SMILES string of the molecule is CC1CCCN(CCCOc2ccc(-c3cc[n+]([O-])cc3)cc2)C1.O=C(O)/C=C/C(=O)O. The zero-order chi connectivity index (χ0) is 23.3. The summed E-state index contributed by atoms with van der Waals surface area (Å²) in [6, 6.07) is 11.7. The van der Waals surface area contributed by atoms with E-state index in [-0.39, 0.29) is 0 Å². The van der Waals surface area contributed by atoms with Gasteiger partial charge in [0.15, 0.2) is 12.4 Å². The second-order valence-corrected chi connectivity index (χ2v) is 7.73. The van der Waals surface area contributed by atoms with Gasteiger partial charge < -0.3 is 25.1 Å². The lowest BCUT2D eigenvalue weighted by Crippen LogP contribution is -2.35. The van der Waals surface area contributed by atoms with Gasteiger partial charge in [-0.05, 0) is 55.0 Å². The average Bonchev–Trinajstić information content (AvgIpc) is 2.77. The van der Waals surface area contributed by atoms with Crippen LogP contribution in [0.5, 0.6) is 5.75 Å². The summed E-state index contributed by atoms with van der Waals surface area (Å²) in [6.07, 6.45) is 7.91. The molecule has 0 amide bonds. The lowest BCUT2D eigenvalue weighted by molar-refractivity contribution is -0.605. The van der Waals surface area contributed by atoms with Crippen molar-refractivity contribution in [1.82, 2.24) is 4.90 Å². The molecule has 32 heavy (non-hydrogen) atoms. The van der Waals surface area contributed by atoms with Gasteiger partial charge in [0.25, 0.3) is 0 Å². The summed E-state index contributed by atoms with van der Waals surface area (Å²) in [7, 11) is 0. The number of hydrogen-bond donors (Lipinski definition) is 2. The molecule has 0 spiro atoms. The van der Waals surface area contributed by atoms with E-state index < -0.39 is 11.9 Å². The van der Waals surface area contributed by atoms with Crippen molar-refractivity contribution in [3.05, 3.63) is 66.2 Å². The Labute approximate surface area is 188 Å². The number of carbonyl (C=O) groups is 2. The Balaban J connectivity index is 0.000000390. The molecule has 8 heteroatoms. The van der Waals surface area contributed by atoms with Crippen LogP contribution in [0.2, 0.25) is 0 Å². The van der Waals surface area contributed by atoms with Crippen LogP contribution in [0, 0.1) is 11.1 Å². The second kappa shape index (κ2) is 13.1. The summed E-state index contributed by atoms with van der Waals surface area (Å²) in [4.78, 5) is 21.7. The Morgan fingerprint density at radius 2 is 1.69 bits per heavy atom. The summed E-state index contributed by atoms with van der Waals surface area (Å²) in [5, 5.41) is 26.7. The minimum Gasteiger partial charge on any atom is -0.619 e. The number of aromatic nitrogens is 1. The maximum Gasteiger partial charge on any atom is 0.328 e. The van der Waals surface area contributed by atoms with Crippen LogP contribution in [0.1, 0.15) is 26.2 Å². The largest absolute Gasteiger partial charge is 0.619 e. The van der Waals surface area contributed by atoms with Gasteiger partial charge in [0, 0.05) is 37.4 Å². The van der Waals surface area contributed by atoms with Crippen molar-refractivity contribution >= 4 is 11.9 Å². The molecular weight excluding hydrogens is 412 g/mol. The molecule has 1 aliphatic rings. The monoisotopic (exact) mass is 442 g/mol. The molecule has 2 heterocycles. The number of rotatable bonds is 8. The molecular formula is C24H30N2O6. The normalized spacial score (nSPS) is 16.2. The number of likely N-dealkylation sites (tertiary alicyclic amines) is 1. The summed E-state index contributed by atoms with van der Waals surface area (Å²) >= 11 is 0. The van der Waals surface area contributed by atoms with Gasteiger partial charge in [0.05, 0.1) is 6.61 Å². The third-order valence-corrected chi connectivity index (χ3v) is 4.99. The first-order valence-corrected chi connectivity index (χ1v) is 10.6. The lowest BCUT2D eigenvalue weighted by atomic mass is 10.0. The first-order valence-electron chi connectivity index (χ1n) is 10.6. The van der Waals surface area contributed by atoms with Crippen LogP contribution in [0.15, 0.2) is 60.9 Å².